The summed E-state index contributed by atoms with van der Waals surface area (Å²) in [4.78, 5) is 24.5. The van der Waals surface area contributed by atoms with Crippen LogP contribution in [0.5, 0.6) is 0 Å². The van der Waals surface area contributed by atoms with E-state index in [0.717, 1.165) is 24.7 Å². The Bertz CT molecular complexity index is 1550. The number of H-pyrrole nitrogens is 1. The van der Waals surface area contributed by atoms with Crippen LogP contribution in [0.15, 0.2) is 36.7 Å². The third-order valence-corrected chi connectivity index (χ3v) is 7.03. The molecule has 0 radical (unpaired) electrons. The highest BCUT2D eigenvalue weighted by atomic mass is 32.2. The van der Waals surface area contributed by atoms with E-state index in [2.05, 4.69) is 30.7 Å². The molecule has 1 amide bonds. The van der Waals surface area contributed by atoms with Gasteiger partial charge in [-0.3, -0.25) is 9.10 Å². The smallest absolute Gasteiger partial charge is 0.232 e. The third kappa shape index (κ3) is 4.69. The summed E-state index contributed by atoms with van der Waals surface area (Å²) >= 11 is 0. The fourth-order valence-corrected chi connectivity index (χ4v) is 4.25. The Morgan fingerprint density at radius 3 is 2.60 bits per heavy atom. The standard InChI is InChI=1S/C23H26N8O3S/c1-13-11-24-31(12-13)16-7-8-17(19(9-16)30(3)35(4,33)34)27-18-10-20(29-23(32)15-5-6-15)28-22-21(18)25-14(2)26-22/h7-12,15H,5-6H2,1-4H3,(H3,25,26,27,28,29,32). The lowest BCUT2D eigenvalue weighted by atomic mass is 10.2. The van der Waals surface area contributed by atoms with Gasteiger partial charge >= 0.3 is 0 Å². The number of aromatic nitrogens is 5. The number of aromatic amines is 1. The molecule has 182 valence electrons. The van der Waals surface area contributed by atoms with Gasteiger partial charge in [0.25, 0.3) is 0 Å². The molecule has 1 aliphatic carbocycles. The summed E-state index contributed by atoms with van der Waals surface area (Å²) in [5.74, 6) is 1.03. The zero-order chi connectivity index (χ0) is 24.9. The Morgan fingerprint density at radius 2 is 1.94 bits per heavy atom. The molecule has 3 N–H and O–H groups in total. The summed E-state index contributed by atoms with van der Waals surface area (Å²) in [6, 6.07) is 7.09. The van der Waals surface area contributed by atoms with Gasteiger partial charge in [0, 0.05) is 25.2 Å². The molecule has 1 fully saturated rings. The highest BCUT2D eigenvalue weighted by molar-refractivity contribution is 7.92. The van der Waals surface area contributed by atoms with E-state index >= 15 is 0 Å². The minimum absolute atomic E-state index is 0.0286. The molecule has 1 aliphatic rings. The van der Waals surface area contributed by atoms with E-state index in [9.17, 15) is 13.2 Å². The van der Waals surface area contributed by atoms with Crippen LogP contribution in [-0.2, 0) is 14.8 Å². The monoisotopic (exact) mass is 494 g/mol. The molecule has 1 aromatic carbocycles. The van der Waals surface area contributed by atoms with Crippen LogP contribution in [0.2, 0.25) is 0 Å². The summed E-state index contributed by atoms with van der Waals surface area (Å²) < 4.78 is 27.8. The number of amides is 1. The lowest BCUT2D eigenvalue weighted by molar-refractivity contribution is -0.117. The summed E-state index contributed by atoms with van der Waals surface area (Å²) in [7, 11) is -2.06. The number of hydrogen-bond acceptors (Lipinski definition) is 7. The second kappa shape index (κ2) is 8.38. The van der Waals surface area contributed by atoms with Gasteiger partial charge in [0.1, 0.15) is 17.2 Å². The lowest BCUT2D eigenvalue weighted by Crippen LogP contribution is -2.25. The van der Waals surface area contributed by atoms with Gasteiger partial charge in [-0.2, -0.15) is 5.10 Å². The van der Waals surface area contributed by atoms with Gasteiger partial charge in [0.2, 0.25) is 15.9 Å². The van der Waals surface area contributed by atoms with E-state index in [-0.39, 0.29) is 11.8 Å². The van der Waals surface area contributed by atoms with Crippen molar-refractivity contribution in [1.29, 1.82) is 0 Å². The van der Waals surface area contributed by atoms with Crippen molar-refractivity contribution in [3.63, 3.8) is 0 Å². The molecule has 0 atom stereocenters. The number of aryl methyl sites for hydroxylation is 2. The Balaban J connectivity index is 1.59. The van der Waals surface area contributed by atoms with Crippen LogP contribution >= 0.6 is 0 Å². The number of anilines is 4. The molecule has 1 saturated carbocycles. The van der Waals surface area contributed by atoms with Crippen molar-refractivity contribution < 1.29 is 13.2 Å². The number of nitrogens with one attached hydrogen (secondary N) is 3. The van der Waals surface area contributed by atoms with E-state index in [1.54, 1.807) is 29.1 Å². The molecule has 0 saturated heterocycles. The van der Waals surface area contributed by atoms with Crippen molar-refractivity contribution in [2.45, 2.75) is 26.7 Å². The molecule has 0 unspecified atom stereocenters. The number of pyridine rings is 1. The van der Waals surface area contributed by atoms with Gasteiger partial charge in [-0.1, -0.05) is 0 Å². The largest absolute Gasteiger partial charge is 0.352 e. The maximum Gasteiger partial charge on any atom is 0.232 e. The Labute approximate surface area is 202 Å². The van der Waals surface area contributed by atoms with Gasteiger partial charge in [0.15, 0.2) is 5.65 Å². The maximum atomic E-state index is 12.4. The fraction of sp³-hybridized carbons (Fsp3) is 0.304. The molecule has 35 heavy (non-hydrogen) atoms. The van der Waals surface area contributed by atoms with E-state index in [4.69, 9.17) is 0 Å². The molecular weight excluding hydrogens is 468 g/mol. The molecule has 11 nitrogen and oxygen atoms in total. The van der Waals surface area contributed by atoms with Crippen LogP contribution in [0, 0.1) is 19.8 Å². The molecule has 0 aliphatic heterocycles. The minimum atomic E-state index is -3.56. The Morgan fingerprint density at radius 1 is 1.17 bits per heavy atom. The second-order valence-electron chi connectivity index (χ2n) is 8.86. The van der Waals surface area contributed by atoms with Crippen molar-refractivity contribution in [2.75, 3.05) is 28.2 Å². The van der Waals surface area contributed by atoms with Gasteiger partial charge in [0.05, 0.1) is 35.2 Å². The first-order chi connectivity index (χ1) is 16.6. The summed E-state index contributed by atoms with van der Waals surface area (Å²) in [5.41, 5.74) is 4.33. The Kier molecular flexibility index (Phi) is 5.47. The van der Waals surface area contributed by atoms with Crippen LogP contribution in [0.25, 0.3) is 16.9 Å². The van der Waals surface area contributed by atoms with Crippen LogP contribution in [-0.4, -0.2) is 52.4 Å². The predicted molar refractivity (Wildman–Crippen MR) is 135 cm³/mol. The van der Waals surface area contributed by atoms with Gasteiger partial charge in [-0.15, -0.1) is 0 Å². The number of nitrogens with zero attached hydrogens (tertiary/aromatic N) is 5. The number of hydrogen-bond donors (Lipinski definition) is 3. The highest BCUT2D eigenvalue weighted by Gasteiger charge is 2.30. The molecule has 3 heterocycles. The number of carbonyl (C=O) groups excluding carboxylic acids is 1. The topological polar surface area (TPSA) is 138 Å². The first-order valence-corrected chi connectivity index (χ1v) is 13.0. The summed E-state index contributed by atoms with van der Waals surface area (Å²) in [5, 5.41) is 10.5. The number of carbonyl (C=O) groups is 1. The molecule has 3 aromatic heterocycles. The number of benzene rings is 1. The molecule has 12 heteroatoms. The lowest BCUT2D eigenvalue weighted by Gasteiger charge is -2.22. The maximum absolute atomic E-state index is 12.4. The summed E-state index contributed by atoms with van der Waals surface area (Å²) in [6.07, 6.45) is 6.50. The van der Waals surface area contributed by atoms with Crippen molar-refractivity contribution in [1.82, 2.24) is 24.7 Å². The zero-order valence-corrected chi connectivity index (χ0v) is 20.6. The zero-order valence-electron chi connectivity index (χ0n) is 19.8. The van der Waals surface area contributed by atoms with E-state index in [1.807, 2.05) is 26.1 Å². The van der Waals surface area contributed by atoms with E-state index < -0.39 is 10.0 Å². The quantitative estimate of drug-likeness (QED) is 0.358. The van der Waals surface area contributed by atoms with Crippen LogP contribution in [0.1, 0.15) is 24.2 Å². The molecule has 5 rings (SSSR count). The molecular formula is C23H26N8O3S. The average Bonchev–Trinajstić information content (AvgIpc) is 3.45. The molecule has 0 bridgehead atoms. The average molecular weight is 495 g/mol. The first-order valence-electron chi connectivity index (χ1n) is 11.1. The fourth-order valence-electron chi connectivity index (χ4n) is 3.75. The highest BCUT2D eigenvalue weighted by Crippen LogP contribution is 2.35. The van der Waals surface area contributed by atoms with Crippen molar-refractivity contribution in [3.05, 3.63) is 48.0 Å². The predicted octanol–water partition coefficient (Wildman–Crippen LogP) is 3.25. The second-order valence-corrected chi connectivity index (χ2v) is 10.9. The third-order valence-electron chi connectivity index (χ3n) is 5.83. The van der Waals surface area contributed by atoms with Crippen LogP contribution in [0.3, 0.4) is 0 Å². The first kappa shape index (κ1) is 22.8. The van der Waals surface area contributed by atoms with E-state index in [0.29, 0.717) is 45.6 Å². The normalized spacial score (nSPS) is 13.7. The number of sulfonamides is 1. The number of fused-ring (bicyclic) bond motifs is 1. The van der Waals surface area contributed by atoms with Crippen LogP contribution < -0.4 is 14.9 Å². The van der Waals surface area contributed by atoms with Gasteiger partial charge < -0.3 is 15.6 Å². The summed E-state index contributed by atoms with van der Waals surface area (Å²) in [6.45, 7) is 3.75. The van der Waals surface area contributed by atoms with Crippen molar-refractivity contribution in [3.8, 4) is 5.69 Å². The van der Waals surface area contributed by atoms with E-state index in [1.165, 1.54) is 11.4 Å². The van der Waals surface area contributed by atoms with Gasteiger partial charge in [-0.05, 0) is 50.5 Å². The number of rotatable bonds is 7. The number of imidazole rings is 1. The minimum Gasteiger partial charge on any atom is -0.352 e. The van der Waals surface area contributed by atoms with Gasteiger partial charge in [-0.25, -0.2) is 23.1 Å². The Hall–Kier alpha value is -3.93. The van der Waals surface area contributed by atoms with Crippen molar-refractivity contribution in [2.24, 2.45) is 5.92 Å². The molecule has 0 spiro atoms. The van der Waals surface area contributed by atoms with Crippen LogP contribution in [0.4, 0.5) is 22.9 Å². The molecule has 4 aromatic rings. The van der Waals surface area contributed by atoms with Crippen molar-refractivity contribution >= 4 is 50.0 Å². The SMILES string of the molecule is Cc1cnn(-c2ccc(Nc3cc(NC(=O)C4CC4)nc4[nH]c(C)nc34)c(N(C)S(C)(=O)=O)c2)c1.